The van der Waals surface area contributed by atoms with Gasteiger partial charge in [-0.05, 0) is 30.2 Å². The van der Waals surface area contributed by atoms with Crippen molar-refractivity contribution in [2.75, 3.05) is 7.11 Å². The Morgan fingerprint density at radius 3 is 1.96 bits per heavy atom. The van der Waals surface area contributed by atoms with Gasteiger partial charge in [0.15, 0.2) is 0 Å². The summed E-state index contributed by atoms with van der Waals surface area (Å²) in [4.78, 5) is 24.9. The summed E-state index contributed by atoms with van der Waals surface area (Å²) >= 11 is 0. The molecule has 2 amide bonds. The molecule has 2 rings (SSSR count). The van der Waals surface area contributed by atoms with Crippen LogP contribution in [0.15, 0.2) is 54.6 Å². The van der Waals surface area contributed by atoms with Crippen LogP contribution in [0.4, 0.5) is 0 Å². The Bertz CT molecular complexity index is 764. The maximum atomic E-state index is 12.7. The van der Waals surface area contributed by atoms with Crippen LogP contribution in [-0.2, 0) is 9.59 Å². The zero-order valence-electron chi connectivity index (χ0n) is 16.6. The van der Waals surface area contributed by atoms with E-state index in [1.54, 1.807) is 14.0 Å². The summed E-state index contributed by atoms with van der Waals surface area (Å²) in [6.45, 7) is 7.14. The number of carbonyl (C=O) groups excluding carboxylic acids is 2. The molecule has 0 aliphatic rings. The van der Waals surface area contributed by atoms with Crippen LogP contribution in [0.1, 0.15) is 44.9 Å². The fraction of sp³-hybridized carbons (Fsp3) is 0.364. The van der Waals surface area contributed by atoms with Gasteiger partial charge < -0.3 is 15.4 Å². The number of amides is 2. The van der Waals surface area contributed by atoms with Gasteiger partial charge in [0, 0.05) is 5.41 Å². The molecule has 2 unspecified atom stereocenters. The van der Waals surface area contributed by atoms with Crippen LogP contribution >= 0.6 is 0 Å². The third-order valence-corrected chi connectivity index (χ3v) is 4.29. The summed E-state index contributed by atoms with van der Waals surface area (Å²) < 4.78 is 5.21. The van der Waals surface area contributed by atoms with Crippen LogP contribution in [0.5, 0.6) is 5.75 Å². The predicted molar refractivity (Wildman–Crippen MR) is 106 cm³/mol. The third-order valence-electron chi connectivity index (χ3n) is 4.29. The zero-order valence-corrected chi connectivity index (χ0v) is 16.6. The lowest BCUT2D eigenvalue weighted by molar-refractivity contribution is -0.133. The molecule has 5 nitrogen and oxygen atoms in total. The molecule has 0 heterocycles. The Morgan fingerprint density at radius 2 is 1.44 bits per heavy atom. The van der Waals surface area contributed by atoms with Gasteiger partial charge in [-0.2, -0.15) is 0 Å². The van der Waals surface area contributed by atoms with Gasteiger partial charge in [-0.3, -0.25) is 9.59 Å². The molecule has 0 saturated carbocycles. The van der Waals surface area contributed by atoms with Crippen molar-refractivity contribution in [3.05, 3.63) is 65.7 Å². The number of ether oxygens (including phenoxy) is 1. The second-order valence-electron chi connectivity index (χ2n) is 7.57. The van der Waals surface area contributed by atoms with Crippen LogP contribution < -0.4 is 15.4 Å². The Labute approximate surface area is 161 Å². The minimum Gasteiger partial charge on any atom is -0.497 e. The lowest BCUT2D eigenvalue weighted by atomic mass is 9.95. The first-order valence-electron chi connectivity index (χ1n) is 9.02. The SMILES string of the molecule is COc1ccc(C(NC(=O)C(C)NC(=O)C(C)(C)C)c2ccccc2)cc1. The number of benzene rings is 2. The van der Waals surface area contributed by atoms with E-state index in [1.807, 2.05) is 75.4 Å². The minimum absolute atomic E-state index is 0.161. The van der Waals surface area contributed by atoms with Crippen LogP contribution in [-0.4, -0.2) is 25.0 Å². The van der Waals surface area contributed by atoms with Crippen molar-refractivity contribution >= 4 is 11.8 Å². The molecular formula is C22H28N2O3. The van der Waals surface area contributed by atoms with Crippen molar-refractivity contribution in [3.8, 4) is 5.75 Å². The number of hydrogen-bond donors (Lipinski definition) is 2. The number of hydrogen-bond acceptors (Lipinski definition) is 3. The molecule has 5 heteroatoms. The average molecular weight is 368 g/mol. The standard InChI is InChI=1S/C22H28N2O3/c1-15(23-21(26)22(2,3)4)20(25)24-19(16-9-7-6-8-10-16)17-11-13-18(27-5)14-12-17/h6-15,19H,1-5H3,(H,23,26)(H,24,25). The molecule has 144 valence electrons. The van der Waals surface area contributed by atoms with E-state index in [4.69, 9.17) is 4.74 Å². The molecule has 2 aromatic carbocycles. The van der Waals surface area contributed by atoms with Gasteiger partial charge in [-0.1, -0.05) is 63.2 Å². The van der Waals surface area contributed by atoms with Crippen molar-refractivity contribution in [1.29, 1.82) is 0 Å². The Kier molecular flexibility index (Phi) is 6.61. The van der Waals surface area contributed by atoms with Gasteiger partial charge in [0.2, 0.25) is 11.8 Å². The molecule has 0 spiro atoms. The monoisotopic (exact) mass is 368 g/mol. The average Bonchev–Trinajstić information content (AvgIpc) is 2.66. The van der Waals surface area contributed by atoms with Gasteiger partial charge in [0.25, 0.3) is 0 Å². The summed E-state index contributed by atoms with van der Waals surface area (Å²) in [5.41, 5.74) is 1.35. The fourth-order valence-corrected chi connectivity index (χ4v) is 2.55. The normalized spacial score (nSPS) is 13.4. The molecule has 0 aliphatic carbocycles. The maximum Gasteiger partial charge on any atom is 0.243 e. The lowest BCUT2D eigenvalue weighted by Crippen LogP contribution is -2.49. The van der Waals surface area contributed by atoms with E-state index in [9.17, 15) is 9.59 Å². The topological polar surface area (TPSA) is 67.4 Å². The van der Waals surface area contributed by atoms with Gasteiger partial charge >= 0.3 is 0 Å². The highest BCUT2D eigenvalue weighted by molar-refractivity contribution is 5.89. The first kappa shape index (κ1) is 20.5. The van der Waals surface area contributed by atoms with Crippen LogP contribution in [0, 0.1) is 5.41 Å². The molecule has 27 heavy (non-hydrogen) atoms. The number of methoxy groups -OCH3 is 1. The Balaban J connectivity index is 2.21. The highest BCUT2D eigenvalue weighted by atomic mass is 16.5. The van der Waals surface area contributed by atoms with Crippen LogP contribution in [0.2, 0.25) is 0 Å². The molecule has 0 aliphatic heterocycles. The quantitative estimate of drug-likeness (QED) is 0.821. The second kappa shape index (κ2) is 8.71. The lowest BCUT2D eigenvalue weighted by Gasteiger charge is -2.25. The fourth-order valence-electron chi connectivity index (χ4n) is 2.55. The summed E-state index contributed by atoms with van der Waals surface area (Å²) in [7, 11) is 1.62. The van der Waals surface area contributed by atoms with Gasteiger partial charge in [-0.15, -0.1) is 0 Å². The molecule has 2 aromatic rings. The van der Waals surface area contributed by atoms with Crippen molar-refractivity contribution in [1.82, 2.24) is 10.6 Å². The van der Waals surface area contributed by atoms with E-state index in [-0.39, 0.29) is 17.9 Å². The smallest absolute Gasteiger partial charge is 0.243 e. The second-order valence-corrected chi connectivity index (χ2v) is 7.57. The van der Waals surface area contributed by atoms with Gasteiger partial charge in [0.05, 0.1) is 13.2 Å². The Hall–Kier alpha value is -2.82. The molecular weight excluding hydrogens is 340 g/mol. The first-order valence-corrected chi connectivity index (χ1v) is 9.02. The van der Waals surface area contributed by atoms with E-state index >= 15 is 0 Å². The van der Waals surface area contributed by atoms with E-state index < -0.39 is 11.5 Å². The predicted octanol–water partition coefficient (Wildman–Crippen LogP) is 3.45. The van der Waals surface area contributed by atoms with Crippen LogP contribution in [0.3, 0.4) is 0 Å². The highest BCUT2D eigenvalue weighted by Gasteiger charge is 2.26. The molecule has 0 saturated heterocycles. The van der Waals surface area contributed by atoms with Crippen molar-refractivity contribution in [2.45, 2.75) is 39.8 Å². The number of nitrogens with one attached hydrogen (secondary N) is 2. The third kappa shape index (κ3) is 5.58. The van der Waals surface area contributed by atoms with E-state index in [0.29, 0.717) is 0 Å². The summed E-state index contributed by atoms with van der Waals surface area (Å²) in [5, 5.41) is 5.82. The Morgan fingerprint density at radius 1 is 0.889 bits per heavy atom. The maximum absolute atomic E-state index is 12.7. The zero-order chi connectivity index (χ0) is 20.0. The molecule has 0 fully saturated rings. The van der Waals surface area contributed by atoms with Crippen molar-refractivity contribution in [2.24, 2.45) is 5.41 Å². The number of carbonyl (C=O) groups is 2. The van der Waals surface area contributed by atoms with Crippen LogP contribution in [0.25, 0.3) is 0 Å². The molecule has 2 atom stereocenters. The van der Waals surface area contributed by atoms with E-state index in [1.165, 1.54) is 0 Å². The summed E-state index contributed by atoms with van der Waals surface area (Å²) in [5.74, 6) is 0.353. The van der Waals surface area contributed by atoms with Gasteiger partial charge in [-0.25, -0.2) is 0 Å². The first-order chi connectivity index (χ1) is 12.7. The summed E-state index contributed by atoms with van der Waals surface area (Å²) in [6.07, 6.45) is 0. The van der Waals surface area contributed by atoms with Crippen molar-refractivity contribution in [3.63, 3.8) is 0 Å². The molecule has 2 N–H and O–H groups in total. The minimum atomic E-state index is -0.638. The van der Waals surface area contributed by atoms with Crippen molar-refractivity contribution < 1.29 is 14.3 Å². The largest absolute Gasteiger partial charge is 0.497 e. The molecule has 0 radical (unpaired) electrons. The van der Waals surface area contributed by atoms with Gasteiger partial charge in [0.1, 0.15) is 11.8 Å². The molecule has 0 aromatic heterocycles. The molecule has 0 bridgehead atoms. The summed E-state index contributed by atoms with van der Waals surface area (Å²) in [6, 6.07) is 16.4. The highest BCUT2D eigenvalue weighted by Crippen LogP contribution is 2.24. The van der Waals surface area contributed by atoms with E-state index in [2.05, 4.69) is 10.6 Å². The number of rotatable bonds is 6. The van der Waals surface area contributed by atoms with E-state index in [0.717, 1.165) is 16.9 Å².